The number of nitrogens with one attached hydrogen (secondary N) is 2. The number of aryl methyl sites for hydroxylation is 2. The number of anilines is 2. The van der Waals surface area contributed by atoms with Gasteiger partial charge in [-0.15, -0.1) is 0 Å². The van der Waals surface area contributed by atoms with Crippen LogP contribution in [0.4, 0.5) is 29.2 Å². The van der Waals surface area contributed by atoms with Crippen LogP contribution in [-0.4, -0.2) is 14.5 Å². The summed E-state index contributed by atoms with van der Waals surface area (Å²) in [5.74, 6) is -5.47. The van der Waals surface area contributed by atoms with Gasteiger partial charge in [-0.25, -0.2) is 13.2 Å². The molecule has 2 aromatic heterocycles. The Kier molecular flexibility index (Phi) is 4.81. The lowest BCUT2D eigenvalue weighted by atomic mass is 10.1. The Morgan fingerprint density at radius 2 is 1.70 bits per heavy atom. The number of hydrogen-bond acceptors (Lipinski definition) is 3. The summed E-state index contributed by atoms with van der Waals surface area (Å²) < 4.78 is 55.4. The van der Waals surface area contributed by atoms with E-state index in [-0.39, 0.29) is 18.1 Å². The summed E-state index contributed by atoms with van der Waals surface area (Å²) in [6.45, 7) is 3.52. The van der Waals surface area contributed by atoms with Crippen molar-refractivity contribution in [2.75, 3.05) is 5.32 Å². The molecular weight excluding hydrogens is 400 g/mol. The van der Waals surface area contributed by atoms with Gasteiger partial charge in [-0.1, -0.05) is 0 Å². The van der Waals surface area contributed by atoms with Crippen LogP contribution in [0.25, 0.3) is 10.9 Å². The molecule has 154 valence electrons. The Morgan fingerprint density at radius 3 is 2.40 bits per heavy atom. The second-order valence-electron chi connectivity index (χ2n) is 7.05. The fourth-order valence-corrected chi connectivity index (χ4v) is 3.27. The molecule has 0 aliphatic carbocycles. The number of halogens is 4. The highest BCUT2D eigenvalue weighted by atomic mass is 19.2. The maximum absolute atomic E-state index is 13.9. The first-order valence-corrected chi connectivity index (χ1v) is 8.98. The van der Waals surface area contributed by atoms with Gasteiger partial charge < -0.3 is 14.9 Å². The molecule has 9 heteroatoms. The van der Waals surface area contributed by atoms with Crippen molar-refractivity contribution >= 4 is 22.5 Å². The number of nitrogens with zero attached hydrogens (tertiary/aromatic N) is 2. The number of aromatic nitrogens is 3. The molecule has 0 aliphatic rings. The highest BCUT2D eigenvalue weighted by Crippen LogP contribution is 2.26. The summed E-state index contributed by atoms with van der Waals surface area (Å²) in [5, 5.41) is 3.90. The molecule has 0 radical (unpaired) electrons. The molecule has 2 heterocycles. The van der Waals surface area contributed by atoms with E-state index < -0.39 is 28.8 Å². The minimum Gasteiger partial charge on any atom is -0.359 e. The Morgan fingerprint density at radius 1 is 1.00 bits per heavy atom. The predicted octanol–water partition coefficient (Wildman–Crippen LogP) is 4.69. The van der Waals surface area contributed by atoms with Crippen molar-refractivity contribution in [2.24, 2.45) is 0 Å². The summed E-state index contributed by atoms with van der Waals surface area (Å²) in [6.07, 6.45) is 0.880. The van der Waals surface area contributed by atoms with Crippen LogP contribution in [0.2, 0.25) is 0 Å². The highest BCUT2D eigenvalue weighted by Gasteiger charge is 2.15. The summed E-state index contributed by atoms with van der Waals surface area (Å²) in [5.41, 5.74) is 2.30. The molecule has 5 nitrogen and oxygen atoms in total. The van der Waals surface area contributed by atoms with E-state index >= 15 is 0 Å². The van der Waals surface area contributed by atoms with Crippen molar-refractivity contribution in [3.05, 3.63) is 87.0 Å². The predicted molar refractivity (Wildman–Crippen MR) is 105 cm³/mol. The molecule has 4 rings (SSSR count). The smallest absolute Gasteiger partial charge is 0.310 e. The zero-order chi connectivity index (χ0) is 21.6. The quantitative estimate of drug-likeness (QED) is 0.375. The van der Waals surface area contributed by atoms with Crippen molar-refractivity contribution in [3.63, 3.8) is 0 Å². The molecule has 2 N–H and O–H groups in total. The fraction of sp³-hybridized carbons (Fsp3) is 0.143. The Hall–Kier alpha value is -3.62. The molecule has 0 unspecified atom stereocenters. The zero-order valence-corrected chi connectivity index (χ0v) is 16.0. The minimum atomic E-state index is -1.59. The normalized spacial score (nSPS) is 11.3. The van der Waals surface area contributed by atoms with Crippen molar-refractivity contribution in [3.8, 4) is 0 Å². The van der Waals surface area contributed by atoms with E-state index in [0.29, 0.717) is 5.69 Å². The van der Waals surface area contributed by atoms with Crippen LogP contribution in [0, 0.1) is 37.1 Å². The van der Waals surface area contributed by atoms with Crippen molar-refractivity contribution in [2.45, 2.75) is 20.4 Å². The van der Waals surface area contributed by atoms with Crippen LogP contribution < -0.4 is 10.9 Å². The molecule has 0 spiro atoms. The summed E-state index contributed by atoms with van der Waals surface area (Å²) >= 11 is 0. The van der Waals surface area contributed by atoms with E-state index in [9.17, 15) is 22.4 Å². The SMILES string of the molecule is Cc1cc2cc(Nc3nc(=O)c(F)cn3Cc3cc(F)c(F)c(F)c3)c(C)cc2[nH]1. The van der Waals surface area contributed by atoms with Gasteiger partial charge in [-0.2, -0.15) is 9.37 Å². The van der Waals surface area contributed by atoms with Gasteiger partial charge in [0.05, 0.1) is 6.54 Å². The molecule has 0 fully saturated rings. The number of hydrogen-bond donors (Lipinski definition) is 2. The molecule has 0 atom stereocenters. The molecule has 0 bridgehead atoms. The molecule has 0 aliphatic heterocycles. The van der Waals surface area contributed by atoms with Gasteiger partial charge in [-0.3, -0.25) is 4.79 Å². The number of fused-ring (bicyclic) bond motifs is 1. The Labute approximate surface area is 168 Å². The van der Waals surface area contributed by atoms with Gasteiger partial charge in [0.2, 0.25) is 11.8 Å². The van der Waals surface area contributed by atoms with Crippen LogP contribution >= 0.6 is 0 Å². The molecule has 30 heavy (non-hydrogen) atoms. The van der Waals surface area contributed by atoms with Gasteiger partial charge in [-0.05, 0) is 55.3 Å². The van der Waals surface area contributed by atoms with Crippen molar-refractivity contribution in [1.29, 1.82) is 0 Å². The minimum absolute atomic E-state index is 0.0266. The monoisotopic (exact) mass is 416 g/mol. The highest BCUT2D eigenvalue weighted by molar-refractivity contribution is 5.86. The third-order valence-electron chi connectivity index (χ3n) is 4.70. The van der Waals surface area contributed by atoms with E-state index in [2.05, 4.69) is 15.3 Å². The molecule has 4 aromatic rings. The Bertz CT molecular complexity index is 1320. The lowest BCUT2D eigenvalue weighted by molar-refractivity contribution is 0.444. The number of H-pyrrole nitrogens is 1. The molecule has 2 aromatic carbocycles. The van der Waals surface area contributed by atoms with E-state index in [4.69, 9.17) is 0 Å². The average molecular weight is 416 g/mol. The largest absolute Gasteiger partial charge is 0.359 e. The van der Waals surface area contributed by atoms with Crippen molar-refractivity contribution < 1.29 is 17.6 Å². The number of aromatic amines is 1. The van der Waals surface area contributed by atoms with Crippen LogP contribution in [0.1, 0.15) is 16.8 Å². The van der Waals surface area contributed by atoms with Gasteiger partial charge >= 0.3 is 5.56 Å². The molecule has 0 saturated carbocycles. The second-order valence-corrected chi connectivity index (χ2v) is 7.05. The first-order chi connectivity index (χ1) is 14.2. The summed E-state index contributed by atoms with van der Waals surface area (Å²) in [7, 11) is 0. The molecule has 0 amide bonds. The van der Waals surface area contributed by atoms with Gasteiger partial charge in [0.25, 0.3) is 0 Å². The molecule has 0 saturated heterocycles. The van der Waals surface area contributed by atoms with Crippen LogP contribution in [0.15, 0.2) is 41.3 Å². The third kappa shape index (κ3) is 3.66. The maximum atomic E-state index is 13.9. The zero-order valence-electron chi connectivity index (χ0n) is 16.0. The van der Waals surface area contributed by atoms with Crippen LogP contribution in [0.5, 0.6) is 0 Å². The first-order valence-electron chi connectivity index (χ1n) is 8.98. The van der Waals surface area contributed by atoms with E-state index in [0.717, 1.165) is 40.5 Å². The van der Waals surface area contributed by atoms with Gasteiger partial charge in [0.1, 0.15) is 0 Å². The standard InChI is InChI=1S/C21H16F4N4O/c1-10-3-18-13(4-11(2)26-18)7-17(10)27-21-28-20(30)16(24)9-29(21)8-12-5-14(22)19(25)15(23)6-12/h3-7,9,26H,8H2,1-2H3,(H,27,28,30). The number of rotatable bonds is 4. The fourth-order valence-electron chi connectivity index (χ4n) is 3.27. The van der Waals surface area contributed by atoms with Crippen molar-refractivity contribution in [1.82, 2.24) is 14.5 Å². The van der Waals surface area contributed by atoms with Gasteiger partial charge in [0, 0.05) is 28.5 Å². The third-order valence-corrected chi connectivity index (χ3v) is 4.70. The second kappa shape index (κ2) is 7.33. The van der Waals surface area contributed by atoms with E-state index in [1.165, 1.54) is 4.57 Å². The first kappa shape index (κ1) is 19.7. The van der Waals surface area contributed by atoms with E-state index in [1.54, 1.807) is 0 Å². The lowest BCUT2D eigenvalue weighted by Crippen LogP contribution is -2.20. The topological polar surface area (TPSA) is 62.7 Å². The van der Waals surface area contributed by atoms with Gasteiger partial charge in [0.15, 0.2) is 17.5 Å². The maximum Gasteiger partial charge on any atom is 0.310 e. The summed E-state index contributed by atoms with van der Waals surface area (Å²) in [4.78, 5) is 18.7. The number of benzene rings is 2. The van der Waals surface area contributed by atoms with Crippen LogP contribution in [-0.2, 0) is 6.54 Å². The van der Waals surface area contributed by atoms with Crippen LogP contribution in [0.3, 0.4) is 0 Å². The summed E-state index contributed by atoms with van der Waals surface area (Å²) in [6, 6.07) is 7.29. The lowest BCUT2D eigenvalue weighted by Gasteiger charge is -2.16. The Balaban J connectivity index is 1.76. The average Bonchev–Trinajstić information content (AvgIpc) is 3.02. The van der Waals surface area contributed by atoms with E-state index in [1.807, 2.05) is 32.0 Å². The molecular formula is C21H16F4N4O.